The van der Waals surface area contributed by atoms with Crippen molar-refractivity contribution < 1.29 is 14.8 Å². The highest BCUT2D eigenvalue weighted by molar-refractivity contribution is 6.08. The van der Waals surface area contributed by atoms with Gasteiger partial charge in [-0.1, -0.05) is 12.1 Å². The van der Waals surface area contributed by atoms with Crippen LogP contribution >= 0.6 is 0 Å². The van der Waals surface area contributed by atoms with Crippen molar-refractivity contribution in [1.29, 1.82) is 0 Å². The van der Waals surface area contributed by atoms with Crippen LogP contribution in [0.2, 0.25) is 0 Å². The molecule has 2 atom stereocenters. The predicted octanol–water partition coefficient (Wildman–Crippen LogP) is 1.10. The highest BCUT2D eigenvalue weighted by Gasteiger charge is 2.50. The second kappa shape index (κ2) is 4.82. The minimum Gasteiger partial charge on any atom is -0.278 e. The molecule has 2 aromatic rings. The Morgan fingerprint density at radius 2 is 1.30 bits per heavy atom. The molecule has 0 aromatic carbocycles. The Labute approximate surface area is 114 Å². The van der Waals surface area contributed by atoms with E-state index in [1.54, 1.807) is 48.8 Å². The SMILES string of the molecule is O=C1C(c2ccccn2)C(c2ccccn2)C(=O)N1O. The average molecular weight is 269 g/mol. The molecule has 1 fully saturated rings. The maximum absolute atomic E-state index is 12.1. The number of hydroxylamine groups is 2. The van der Waals surface area contributed by atoms with Crippen molar-refractivity contribution in [3.8, 4) is 0 Å². The maximum atomic E-state index is 12.1. The zero-order chi connectivity index (χ0) is 14.1. The summed E-state index contributed by atoms with van der Waals surface area (Å²) in [6.45, 7) is 0. The van der Waals surface area contributed by atoms with E-state index in [2.05, 4.69) is 9.97 Å². The molecule has 0 saturated carbocycles. The third-order valence-corrected chi connectivity index (χ3v) is 3.30. The smallest absolute Gasteiger partial charge is 0.263 e. The van der Waals surface area contributed by atoms with E-state index in [1.165, 1.54) is 0 Å². The van der Waals surface area contributed by atoms with Crippen molar-refractivity contribution in [2.75, 3.05) is 0 Å². The van der Waals surface area contributed by atoms with Gasteiger partial charge in [0.1, 0.15) is 11.8 Å². The Morgan fingerprint density at radius 3 is 1.65 bits per heavy atom. The molecule has 20 heavy (non-hydrogen) atoms. The highest BCUT2D eigenvalue weighted by Crippen LogP contribution is 2.39. The first-order valence-electron chi connectivity index (χ1n) is 6.08. The summed E-state index contributed by atoms with van der Waals surface area (Å²) >= 11 is 0. The molecule has 1 N–H and O–H groups in total. The third-order valence-electron chi connectivity index (χ3n) is 3.30. The first-order valence-corrected chi connectivity index (χ1v) is 6.08. The van der Waals surface area contributed by atoms with Gasteiger partial charge in [-0.15, -0.1) is 0 Å². The van der Waals surface area contributed by atoms with Crippen LogP contribution in [0.15, 0.2) is 48.8 Å². The normalized spacial score (nSPS) is 22.4. The minimum absolute atomic E-state index is 0.165. The largest absolute Gasteiger partial charge is 0.278 e. The Bertz CT molecular complexity index is 588. The molecule has 2 unspecified atom stereocenters. The molecule has 0 aliphatic carbocycles. The monoisotopic (exact) mass is 269 g/mol. The molecule has 0 spiro atoms. The molecular formula is C14H11N3O3. The van der Waals surface area contributed by atoms with Gasteiger partial charge in [0.2, 0.25) is 0 Å². The zero-order valence-electron chi connectivity index (χ0n) is 10.4. The molecule has 1 saturated heterocycles. The van der Waals surface area contributed by atoms with E-state index in [9.17, 15) is 14.8 Å². The zero-order valence-corrected chi connectivity index (χ0v) is 10.4. The number of nitrogens with zero attached hydrogens (tertiary/aromatic N) is 3. The summed E-state index contributed by atoms with van der Waals surface area (Å²) in [5.74, 6) is -3.04. The molecule has 3 rings (SSSR count). The van der Waals surface area contributed by atoms with Gasteiger partial charge in [-0.3, -0.25) is 24.8 Å². The van der Waals surface area contributed by atoms with Gasteiger partial charge >= 0.3 is 0 Å². The van der Waals surface area contributed by atoms with Crippen LogP contribution in [-0.4, -0.2) is 32.1 Å². The third kappa shape index (κ3) is 1.86. The number of carbonyl (C=O) groups is 2. The van der Waals surface area contributed by atoms with Crippen molar-refractivity contribution in [3.05, 3.63) is 60.2 Å². The van der Waals surface area contributed by atoms with E-state index in [1.807, 2.05) is 0 Å². The molecule has 3 heterocycles. The molecule has 6 heteroatoms. The Hall–Kier alpha value is -2.60. The fourth-order valence-electron chi connectivity index (χ4n) is 2.37. The number of hydrogen-bond donors (Lipinski definition) is 1. The van der Waals surface area contributed by atoms with Crippen molar-refractivity contribution >= 4 is 11.8 Å². The fraction of sp³-hybridized carbons (Fsp3) is 0.143. The molecule has 6 nitrogen and oxygen atoms in total. The van der Waals surface area contributed by atoms with Gasteiger partial charge < -0.3 is 0 Å². The van der Waals surface area contributed by atoms with Crippen LogP contribution in [0.5, 0.6) is 0 Å². The van der Waals surface area contributed by atoms with Gasteiger partial charge in [0.25, 0.3) is 11.8 Å². The van der Waals surface area contributed by atoms with Crippen LogP contribution in [0.3, 0.4) is 0 Å². The van der Waals surface area contributed by atoms with Crippen LogP contribution in [0.25, 0.3) is 0 Å². The summed E-state index contributed by atoms with van der Waals surface area (Å²) in [7, 11) is 0. The molecule has 0 radical (unpaired) electrons. The number of aromatic nitrogens is 2. The van der Waals surface area contributed by atoms with Crippen LogP contribution in [0, 0.1) is 0 Å². The van der Waals surface area contributed by atoms with Crippen molar-refractivity contribution in [2.24, 2.45) is 0 Å². The molecule has 100 valence electrons. The second-order valence-corrected chi connectivity index (χ2v) is 4.45. The van der Waals surface area contributed by atoms with Crippen LogP contribution in [0.1, 0.15) is 23.2 Å². The van der Waals surface area contributed by atoms with Gasteiger partial charge in [-0.05, 0) is 24.3 Å². The quantitative estimate of drug-likeness (QED) is 0.652. The lowest BCUT2D eigenvalue weighted by molar-refractivity contribution is -0.171. The van der Waals surface area contributed by atoms with Gasteiger partial charge in [0.15, 0.2) is 0 Å². The second-order valence-electron chi connectivity index (χ2n) is 4.45. The summed E-state index contributed by atoms with van der Waals surface area (Å²) in [6, 6.07) is 10.2. The van der Waals surface area contributed by atoms with E-state index in [0.717, 1.165) is 0 Å². The Balaban J connectivity index is 2.10. The van der Waals surface area contributed by atoms with Crippen molar-refractivity contribution in [2.45, 2.75) is 11.8 Å². The van der Waals surface area contributed by atoms with Gasteiger partial charge in [-0.25, -0.2) is 0 Å². The summed E-state index contributed by atoms with van der Waals surface area (Å²) in [5, 5.41) is 9.77. The maximum Gasteiger partial charge on any atom is 0.263 e. The number of pyridine rings is 2. The molecule has 1 aliphatic rings. The topological polar surface area (TPSA) is 83.4 Å². The molecule has 2 aromatic heterocycles. The summed E-state index contributed by atoms with van der Waals surface area (Å²) < 4.78 is 0. The highest BCUT2D eigenvalue weighted by atomic mass is 16.5. The summed E-state index contributed by atoms with van der Waals surface area (Å²) in [4.78, 5) is 32.4. The van der Waals surface area contributed by atoms with Gasteiger partial charge in [0, 0.05) is 12.4 Å². The van der Waals surface area contributed by atoms with E-state index in [-0.39, 0.29) is 5.06 Å². The van der Waals surface area contributed by atoms with Crippen molar-refractivity contribution in [1.82, 2.24) is 15.0 Å². The summed E-state index contributed by atoms with van der Waals surface area (Å²) in [5.41, 5.74) is 0.885. The van der Waals surface area contributed by atoms with E-state index in [0.29, 0.717) is 11.4 Å². The Kier molecular flexibility index (Phi) is 3.00. The van der Waals surface area contributed by atoms with E-state index in [4.69, 9.17) is 0 Å². The number of imide groups is 1. The first kappa shape index (κ1) is 12.4. The number of carbonyl (C=O) groups excluding carboxylic acids is 2. The first-order chi connectivity index (χ1) is 9.70. The molecule has 1 aliphatic heterocycles. The van der Waals surface area contributed by atoms with Gasteiger partial charge in [0.05, 0.1) is 11.4 Å². The number of hydrogen-bond acceptors (Lipinski definition) is 5. The minimum atomic E-state index is -0.844. The standard InChI is InChI=1S/C14H11N3O3/c18-13-11(9-5-1-3-7-15-9)12(14(19)17(13)20)10-6-2-4-8-16-10/h1-8,11-12,20H. The number of amides is 2. The van der Waals surface area contributed by atoms with E-state index >= 15 is 0 Å². The lowest BCUT2D eigenvalue weighted by Crippen LogP contribution is -2.26. The lowest BCUT2D eigenvalue weighted by Gasteiger charge is -2.13. The molecular weight excluding hydrogens is 258 g/mol. The Morgan fingerprint density at radius 1 is 0.850 bits per heavy atom. The fourth-order valence-corrected chi connectivity index (χ4v) is 2.37. The predicted molar refractivity (Wildman–Crippen MR) is 67.6 cm³/mol. The number of rotatable bonds is 2. The van der Waals surface area contributed by atoms with Crippen LogP contribution in [-0.2, 0) is 9.59 Å². The molecule has 0 bridgehead atoms. The summed E-state index contributed by atoms with van der Waals surface area (Å²) in [6.07, 6.45) is 3.09. The van der Waals surface area contributed by atoms with Crippen molar-refractivity contribution in [3.63, 3.8) is 0 Å². The van der Waals surface area contributed by atoms with E-state index < -0.39 is 23.7 Å². The lowest BCUT2D eigenvalue weighted by atomic mass is 9.88. The van der Waals surface area contributed by atoms with Crippen LogP contribution < -0.4 is 0 Å². The van der Waals surface area contributed by atoms with Crippen LogP contribution in [0.4, 0.5) is 0 Å². The molecule has 2 amide bonds. The average Bonchev–Trinajstić information content (AvgIpc) is 2.73. The van der Waals surface area contributed by atoms with Gasteiger partial charge in [-0.2, -0.15) is 5.06 Å².